The second kappa shape index (κ2) is 6.19. The van der Waals surface area contributed by atoms with Crippen LogP contribution in [0, 0.1) is 9.39 Å². The third-order valence-corrected chi connectivity index (χ3v) is 3.83. The molecule has 0 heterocycles. The van der Waals surface area contributed by atoms with Crippen LogP contribution < -0.4 is 5.32 Å². The standard InChI is InChI=1S/C13H7BrClFINO/c14-7-1-3-9(11(16)5-7)13(19)18-12-4-2-8(17)6-10(12)15/h1-6H,(H,18,19). The Hall–Kier alpha value is -0.660. The summed E-state index contributed by atoms with van der Waals surface area (Å²) in [7, 11) is 0. The van der Waals surface area contributed by atoms with E-state index in [1.165, 1.54) is 12.1 Å². The van der Waals surface area contributed by atoms with Gasteiger partial charge in [0, 0.05) is 8.04 Å². The molecule has 0 aliphatic carbocycles. The molecule has 0 radical (unpaired) electrons. The maximum absolute atomic E-state index is 13.6. The number of amides is 1. The molecule has 0 aliphatic heterocycles. The van der Waals surface area contributed by atoms with Crippen molar-refractivity contribution in [3.05, 3.63) is 60.8 Å². The normalized spacial score (nSPS) is 10.3. The summed E-state index contributed by atoms with van der Waals surface area (Å²) in [4.78, 5) is 12.0. The van der Waals surface area contributed by atoms with Crippen LogP contribution >= 0.6 is 50.1 Å². The van der Waals surface area contributed by atoms with Crippen LogP contribution in [-0.4, -0.2) is 5.91 Å². The number of rotatable bonds is 2. The first-order valence-electron chi connectivity index (χ1n) is 5.19. The molecule has 2 nitrogen and oxygen atoms in total. The van der Waals surface area contributed by atoms with E-state index in [4.69, 9.17) is 11.6 Å². The van der Waals surface area contributed by atoms with Crippen molar-refractivity contribution in [1.29, 1.82) is 0 Å². The van der Waals surface area contributed by atoms with Crippen molar-refractivity contribution < 1.29 is 9.18 Å². The van der Waals surface area contributed by atoms with Crippen LogP contribution in [0.1, 0.15) is 10.4 Å². The maximum Gasteiger partial charge on any atom is 0.258 e. The van der Waals surface area contributed by atoms with E-state index in [1.54, 1.807) is 24.3 Å². The fourth-order valence-corrected chi connectivity index (χ4v) is 2.69. The van der Waals surface area contributed by atoms with Gasteiger partial charge in [-0.15, -0.1) is 0 Å². The lowest BCUT2D eigenvalue weighted by Crippen LogP contribution is -2.14. The van der Waals surface area contributed by atoms with Crippen molar-refractivity contribution in [2.24, 2.45) is 0 Å². The minimum atomic E-state index is -0.589. The summed E-state index contributed by atoms with van der Waals surface area (Å²) in [5.41, 5.74) is 0.423. The smallest absolute Gasteiger partial charge is 0.258 e. The van der Waals surface area contributed by atoms with Gasteiger partial charge in [0.2, 0.25) is 0 Å². The molecular formula is C13H7BrClFINO. The van der Waals surface area contributed by atoms with Crippen LogP contribution in [0.2, 0.25) is 5.02 Å². The van der Waals surface area contributed by atoms with E-state index in [1.807, 2.05) is 0 Å². The molecule has 0 bridgehead atoms. The van der Waals surface area contributed by atoms with Gasteiger partial charge >= 0.3 is 0 Å². The molecule has 19 heavy (non-hydrogen) atoms. The van der Waals surface area contributed by atoms with Gasteiger partial charge in [0.25, 0.3) is 5.91 Å². The van der Waals surface area contributed by atoms with Gasteiger partial charge in [0.15, 0.2) is 0 Å². The average Bonchev–Trinajstić information content (AvgIpc) is 2.32. The van der Waals surface area contributed by atoms with E-state index in [9.17, 15) is 9.18 Å². The molecule has 2 rings (SSSR count). The zero-order valence-electron chi connectivity index (χ0n) is 9.38. The molecule has 2 aromatic rings. The molecule has 0 aliphatic rings. The van der Waals surface area contributed by atoms with E-state index in [-0.39, 0.29) is 5.56 Å². The Morgan fingerprint density at radius 3 is 2.63 bits per heavy atom. The highest BCUT2D eigenvalue weighted by Crippen LogP contribution is 2.25. The van der Waals surface area contributed by atoms with Gasteiger partial charge in [-0.3, -0.25) is 4.79 Å². The van der Waals surface area contributed by atoms with E-state index >= 15 is 0 Å². The lowest BCUT2D eigenvalue weighted by atomic mass is 10.2. The Kier molecular flexibility index (Phi) is 4.81. The summed E-state index contributed by atoms with van der Waals surface area (Å²) in [5, 5.41) is 3.00. The number of halogens is 4. The van der Waals surface area contributed by atoms with Crippen molar-refractivity contribution in [3.8, 4) is 0 Å². The largest absolute Gasteiger partial charge is 0.321 e. The summed E-state index contributed by atoms with van der Waals surface area (Å²) >= 11 is 11.3. The van der Waals surface area contributed by atoms with Crippen molar-refractivity contribution in [3.63, 3.8) is 0 Å². The molecule has 0 saturated heterocycles. The fraction of sp³-hybridized carbons (Fsp3) is 0. The summed E-state index contributed by atoms with van der Waals surface area (Å²) in [6.07, 6.45) is 0. The number of carbonyl (C=O) groups excluding carboxylic acids is 1. The summed E-state index contributed by atoms with van der Waals surface area (Å²) in [5.74, 6) is -1.12. The highest BCUT2D eigenvalue weighted by Gasteiger charge is 2.13. The Balaban J connectivity index is 2.25. The Morgan fingerprint density at radius 2 is 2.00 bits per heavy atom. The molecule has 0 spiro atoms. The topological polar surface area (TPSA) is 29.1 Å². The minimum absolute atomic E-state index is 0.0298. The van der Waals surface area contributed by atoms with Crippen LogP contribution in [0.3, 0.4) is 0 Å². The third-order valence-electron chi connectivity index (χ3n) is 2.36. The summed E-state index contributed by atoms with van der Waals surface area (Å²) in [6.45, 7) is 0. The Morgan fingerprint density at radius 1 is 1.26 bits per heavy atom. The van der Waals surface area contributed by atoms with Crippen molar-refractivity contribution in [2.75, 3.05) is 5.32 Å². The van der Waals surface area contributed by atoms with Gasteiger partial charge in [-0.25, -0.2) is 4.39 Å². The number of anilines is 1. The van der Waals surface area contributed by atoms with Crippen LogP contribution in [0.4, 0.5) is 10.1 Å². The Bertz CT molecular complexity index is 651. The first-order valence-corrected chi connectivity index (χ1v) is 7.44. The second-order valence-electron chi connectivity index (χ2n) is 3.70. The molecule has 2 aromatic carbocycles. The number of hydrogen-bond acceptors (Lipinski definition) is 1. The second-order valence-corrected chi connectivity index (χ2v) is 6.27. The maximum atomic E-state index is 13.6. The highest BCUT2D eigenvalue weighted by molar-refractivity contribution is 14.1. The number of benzene rings is 2. The van der Waals surface area contributed by atoms with Gasteiger partial charge in [-0.2, -0.15) is 0 Å². The van der Waals surface area contributed by atoms with Crippen LogP contribution in [0.25, 0.3) is 0 Å². The Labute approximate surface area is 136 Å². The molecule has 1 amide bonds. The van der Waals surface area contributed by atoms with E-state index < -0.39 is 11.7 Å². The number of carbonyl (C=O) groups is 1. The molecule has 1 N–H and O–H groups in total. The van der Waals surface area contributed by atoms with Gasteiger partial charge in [0.05, 0.1) is 16.3 Å². The third kappa shape index (κ3) is 3.67. The molecule has 0 fully saturated rings. The quantitative estimate of drug-likeness (QED) is 0.629. The predicted octanol–water partition coefficient (Wildman–Crippen LogP) is 5.10. The lowest BCUT2D eigenvalue weighted by molar-refractivity contribution is 0.102. The first kappa shape index (κ1) is 14.7. The molecule has 98 valence electrons. The lowest BCUT2D eigenvalue weighted by Gasteiger charge is -2.08. The molecule has 0 saturated carbocycles. The monoisotopic (exact) mass is 453 g/mol. The van der Waals surface area contributed by atoms with Crippen molar-refractivity contribution >= 4 is 61.7 Å². The average molecular weight is 454 g/mol. The molecule has 6 heteroatoms. The van der Waals surface area contributed by atoms with Gasteiger partial charge in [-0.05, 0) is 59.0 Å². The zero-order valence-corrected chi connectivity index (χ0v) is 13.9. The number of nitrogens with one attached hydrogen (secondary N) is 1. The SMILES string of the molecule is O=C(Nc1ccc(I)cc1Cl)c1ccc(Br)cc1F. The van der Waals surface area contributed by atoms with Crippen molar-refractivity contribution in [1.82, 2.24) is 0 Å². The fourth-order valence-electron chi connectivity index (χ4n) is 1.45. The molecule has 0 atom stereocenters. The minimum Gasteiger partial charge on any atom is -0.321 e. The van der Waals surface area contributed by atoms with Gasteiger partial charge in [0.1, 0.15) is 5.82 Å². The van der Waals surface area contributed by atoms with Crippen LogP contribution in [0.5, 0.6) is 0 Å². The zero-order chi connectivity index (χ0) is 14.0. The highest BCUT2D eigenvalue weighted by atomic mass is 127. The van der Waals surface area contributed by atoms with E-state index in [0.29, 0.717) is 15.2 Å². The number of hydrogen-bond donors (Lipinski definition) is 1. The summed E-state index contributed by atoms with van der Waals surface area (Å²) in [6, 6.07) is 9.46. The molecule has 0 unspecified atom stereocenters. The predicted molar refractivity (Wildman–Crippen MR) is 86.2 cm³/mol. The van der Waals surface area contributed by atoms with E-state index in [2.05, 4.69) is 43.8 Å². The van der Waals surface area contributed by atoms with Crippen LogP contribution in [0.15, 0.2) is 40.9 Å². The molecule has 0 aromatic heterocycles. The van der Waals surface area contributed by atoms with Gasteiger partial charge < -0.3 is 5.32 Å². The van der Waals surface area contributed by atoms with Crippen LogP contribution in [-0.2, 0) is 0 Å². The van der Waals surface area contributed by atoms with E-state index in [0.717, 1.165) is 3.57 Å². The van der Waals surface area contributed by atoms with Crippen molar-refractivity contribution in [2.45, 2.75) is 0 Å². The first-order chi connectivity index (χ1) is 8.97. The summed E-state index contributed by atoms with van der Waals surface area (Å²) < 4.78 is 15.2. The van der Waals surface area contributed by atoms with Gasteiger partial charge in [-0.1, -0.05) is 27.5 Å². The molecular weight excluding hydrogens is 447 g/mol.